The zero-order valence-corrected chi connectivity index (χ0v) is 37.7. The molecule has 0 aromatic heterocycles. The highest BCUT2D eigenvalue weighted by atomic mass is 16.7. The molecule has 62 heavy (non-hydrogen) atoms. The molecule has 0 aliphatic carbocycles. The number of likely N-dealkylation sites (tertiary alicyclic amines) is 1. The summed E-state index contributed by atoms with van der Waals surface area (Å²) in [5.41, 5.74) is -0.0862. The Morgan fingerprint density at radius 1 is 0.968 bits per heavy atom. The first-order valence-corrected chi connectivity index (χ1v) is 21.9. The van der Waals surface area contributed by atoms with E-state index in [1.165, 1.54) is 27.2 Å². The van der Waals surface area contributed by atoms with Gasteiger partial charge in [-0.05, 0) is 32.9 Å². The summed E-state index contributed by atoms with van der Waals surface area (Å²) in [6, 6.07) is 0. The molecule has 1 saturated heterocycles. The Kier molecular flexibility index (Phi) is 13.9. The number of benzene rings is 2. The summed E-state index contributed by atoms with van der Waals surface area (Å²) in [4.78, 5) is 53.0. The molecule has 0 saturated carbocycles. The number of phenolic OH excluding ortho intramolecular Hbond substituents is 2. The Labute approximate surface area is 363 Å². The smallest absolute Gasteiger partial charge is 0.312 e. The molecule has 1 fully saturated rings. The van der Waals surface area contributed by atoms with Crippen LogP contribution in [0.15, 0.2) is 46.1 Å². The zero-order chi connectivity index (χ0) is 45.4. The number of ketones is 1. The summed E-state index contributed by atoms with van der Waals surface area (Å²) >= 11 is 0. The fraction of sp³-hybridized carbons (Fsp3) is 0.596. The number of hydrogen-bond donors (Lipinski definition) is 5. The van der Waals surface area contributed by atoms with Crippen LogP contribution in [0.2, 0.25) is 0 Å². The van der Waals surface area contributed by atoms with Gasteiger partial charge < -0.3 is 49.6 Å². The second-order valence-corrected chi connectivity index (χ2v) is 17.8. The highest BCUT2D eigenvalue weighted by molar-refractivity contribution is 6.21. The number of anilines is 1. The molecule has 5 aliphatic heterocycles. The molecule has 2 aromatic carbocycles. The van der Waals surface area contributed by atoms with Gasteiger partial charge in [0.1, 0.15) is 34.0 Å². The number of allylic oxidation sites excluding steroid dienone is 2. The third kappa shape index (κ3) is 8.73. The molecule has 5 bridgehead atoms. The Bertz CT molecular complexity index is 2300. The summed E-state index contributed by atoms with van der Waals surface area (Å²) in [6.07, 6.45) is 8.46. The van der Waals surface area contributed by atoms with Gasteiger partial charge in [-0.3, -0.25) is 19.4 Å². The van der Waals surface area contributed by atoms with Gasteiger partial charge in [-0.2, -0.15) is 0 Å². The van der Waals surface area contributed by atoms with Gasteiger partial charge in [-0.15, -0.1) is 0 Å². The summed E-state index contributed by atoms with van der Waals surface area (Å²) in [5.74, 6) is -7.01. The number of aliphatic hydroxyl groups is 2. The molecule has 15 heteroatoms. The summed E-state index contributed by atoms with van der Waals surface area (Å²) in [7, 11) is 1.47. The van der Waals surface area contributed by atoms with Crippen LogP contribution in [-0.4, -0.2) is 106 Å². The second-order valence-electron chi connectivity index (χ2n) is 17.8. The van der Waals surface area contributed by atoms with Crippen molar-refractivity contribution in [2.75, 3.05) is 32.1 Å². The molecule has 5 heterocycles. The predicted molar refractivity (Wildman–Crippen MR) is 232 cm³/mol. The number of aliphatic hydroxyl groups excluding tert-OH is 2. The van der Waals surface area contributed by atoms with E-state index in [9.17, 15) is 34.8 Å². The molecule has 0 unspecified atom stereocenters. The largest absolute Gasteiger partial charge is 0.507 e. The SMILES string of the molecule is CCCCCN1CCC2(CC1)N=c1c(c3c4c5c(C)c(O)c3c(O)c1=NC(=O)/C(C)=C\C=C\[C@H](C)[C@H](O)[C@@H](C)[C@@H](O)[C@@H](C)[C@H](OC(C)=O)[C@H](C)[C@@H](OC)/C=C/O[C@@](C)(O5)C4=O)N2. The van der Waals surface area contributed by atoms with E-state index in [1.807, 2.05) is 0 Å². The topological polar surface area (TPSA) is 209 Å². The standard InChI is InChI=1S/C47H64N4O11/c1-11-12-13-20-51-21-18-47(19-22-51)49-35-32-33-40(55)29(7)43-34(32)44(57)46(9,62-43)60-23-17-31(59-10)26(4)42(61-30(8)52)28(6)39(54)27(5)38(53)24(2)15-14-16-25(3)45(58)48-37(41(33)56)36(35)50-47/h14-17,23-24,26-28,31,38-39,42,49,53-56H,11-13,18-22H2,1-10H3/b15-14+,23-17+,25-16-,48-37?/t24-,26+,27+,28+,31-,38-,39+,42+,46-/m0/s1. The van der Waals surface area contributed by atoms with E-state index in [0.29, 0.717) is 18.5 Å². The molecule has 5 N–H and O–H groups in total. The fourth-order valence-electron chi connectivity index (χ4n) is 9.35. The average molecular weight is 861 g/mol. The Balaban J connectivity index is 1.53. The molecular weight excluding hydrogens is 797 g/mol. The van der Waals surface area contributed by atoms with Crippen LogP contribution in [0.5, 0.6) is 17.2 Å². The van der Waals surface area contributed by atoms with E-state index < -0.39 is 82.9 Å². The minimum Gasteiger partial charge on any atom is -0.507 e. The number of nitrogens with zero attached hydrogens (tertiary/aromatic N) is 3. The van der Waals surface area contributed by atoms with Crippen molar-refractivity contribution < 1.29 is 53.8 Å². The first-order chi connectivity index (χ1) is 29.3. The number of amides is 1. The zero-order valence-electron chi connectivity index (χ0n) is 37.7. The van der Waals surface area contributed by atoms with Gasteiger partial charge in [-0.25, -0.2) is 4.99 Å². The number of unbranched alkanes of at least 4 members (excludes halogenated alkanes) is 2. The molecular formula is C47H64N4O11. The first kappa shape index (κ1) is 46.7. The monoisotopic (exact) mass is 860 g/mol. The van der Waals surface area contributed by atoms with Gasteiger partial charge in [0.25, 0.3) is 11.7 Å². The molecule has 9 atom stereocenters. The van der Waals surface area contributed by atoms with E-state index in [-0.39, 0.29) is 49.7 Å². The third-order valence-corrected chi connectivity index (χ3v) is 13.4. The van der Waals surface area contributed by atoms with Crippen molar-refractivity contribution in [2.45, 2.75) is 130 Å². The van der Waals surface area contributed by atoms with Crippen molar-refractivity contribution in [3.8, 4) is 17.2 Å². The number of methoxy groups -OCH3 is 1. The highest BCUT2D eigenvalue weighted by Crippen LogP contribution is 2.51. The number of nitrogens with one attached hydrogen (secondary N) is 1. The maximum absolute atomic E-state index is 14.7. The molecule has 15 nitrogen and oxygen atoms in total. The van der Waals surface area contributed by atoms with Crippen LogP contribution in [-0.2, 0) is 23.8 Å². The molecule has 7 rings (SSSR count). The van der Waals surface area contributed by atoms with E-state index in [1.54, 1.807) is 65.8 Å². The summed E-state index contributed by atoms with van der Waals surface area (Å²) in [6.45, 7) is 17.5. The lowest BCUT2D eigenvalue weighted by molar-refractivity contribution is -0.160. The number of Topliss-reactive ketones (excluding diaryl/α,β-unsaturated/α-hetero) is 1. The molecule has 2 aromatic rings. The first-order valence-electron chi connectivity index (χ1n) is 21.9. The molecule has 5 aliphatic rings. The number of hydrogen-bond acceptors (Lipinski definition) is 14. The normalized spacial score (nSPS) is 32.2. The van der Waals surface area contributed by atoms with Crippen LogP contribution in [0.1, 0.15) is 103 Å². The number of phenols is 2. The maximum Gasteiger partial charge on any atom is 0.312 e. The van der Waals surface area contributed by atoms with Gasteiger partial charge in [0, 0.05) is 87.1 Å². The highest BCUT2D eigenvalue weighted by Gasteiger charge is 2.51. The number of carbonyl (C=O) groups excluding carboxylic acids is 3. The van der Waals surface area contributed by atoms with Gasteiger partial charge in [-0.1, -0.05) is 65.7 Å². The number of ether oxygens (including phenoxy) is 4. The van der Waals surface area contributed by atoms with E-state index in [4.69, 9.17) is 23.9 Å². The Hall–Kier alpha value is -4.83. The van der Waals surface area contributed by atoms with Gasteiger partial charge >= 0.3 is 11.8 Å². The Morgan fingerprint density at radius 2 is 1.66 bits per heavy atom. The number of piperidine rings is 1. The minimum atomic E-state index is -1.95. The maximum atomic E-state index is 14.7. The fourth-order valence-corrected chi connectivity index (χ4v) is 9.35. The second kappa shape index (κ2) is 18.5. The summed E-state index contributed by atoms with van der Waals surface area (Å²) in [5, 5.41) is 50.6. The number of fused-ring (bicyclic) bond motifs is 13. The number of rotatable bonds is 6. The van der Waals surface area contributed by atoms with Crippen molar-refractivity contribution in [1.82, 2.24) is 4.90 Å². The predicted octanol–water partition coefficient (Wildman–Crippen LogP) is 5.28. The van der Waals surface area contributed by atoms with Crippen molar-refractivity contribution >= 4 is 34.1 Å². The number of carbonyl (C=O) groups is 3. The lowest BCUT2D eigenvalue weighted by Crippen LogP contribution is -2.47. The lowest BCUT2D eigenvalue weighted by atomic mass is 9.78. The van der Waals surface area contributed by atoms with Crippen molar-refractivity contribution in [3.63, 3.8) is 0 Å². The van der Waals surface area contributed by atoms with E-state index in [0.717, 1.165) is 38.9 Å². The molecule has 1 spiro atoms. The van der Waals surface area contributed by atoms with Crippen LogP contribution in [0.3, 0.4) is 0 Å². The van der Waals surface area contributed by atoms with Gasteiger partial charge in [0.15, 0.2) is 5.75 Å². The van der Waals surface area contributed by atoms with Crippen molar-refractivity contribution in [1.29, 1.82) is 0 Å². The molecule has 338 valence electrons. The van der Waals surface area contributed by atoms with E-state index in [2.05, 4.69) is 22.1 Å². The number of aromatic hydroxyl groups is 2. The Morgan fingerprint density at radius 3 is 2.31 bits per heavy atom. The number of esters is 1. The van der Waals surface area contributed by atoms with Crippen LogP contribution in [0.4, 0.5) is 5.69 Å². The minimum absolute atomic E-state index is 0.0581. The molecule has 1 amide bonds. The van der Waals surface area contributed by atoms with Crippen molar-refractivity contribution in [3.05, 3.63) is 58.0 Å². The van der Waals surface area contributed by atoms with Crippen LogP contribution in [0.25, 0.3) is 10.8 Å². The molecule has 0 radical (unpaired) electrons. The van der Waals surface area contributed by atoms with Crippen LogP contribution >= 0.6 is 0 Å². The third-order valence-electron chi connectivity index (χ3n) is 13.4. The lowest BCUT2D eigenvalue weighted by Gasteiger charge is -2.38. The van der Waals surface area contributed by atoms with Gasteiger partial charge in [0.05, 0.1) is 41.2 Å². The van der Waals surface area contributed by atoms with Gasteiger partial charge in [0.2, 0.25) is 0 Å². The quantitative estimate of drug-likeness (QED) is 0.142. The van der Waals surface area contributed by atoms with Crippen LogP contribution in [0, 0.1) is 30.6 Å². The summed E-state index contributed by atoms with van der Waals surface area (Å²) < 4.78 is 24.0. The van der Waals surface area contributed by atoms with Crippen molar-refractivity contribution in [2.24, 2.45) is 33.7 Å². The van der Waals surface area contributed by atoms with E-state index >= 15 is 0 Å². The average Bonchev–Trinajstić information content (AvgIpc) is 3.74. The van der Waals surface area contributed by atoms with Crippen LogP contribution < -0.4 is 20.8 Å².